The standard InChI is InChI=1S/C34H40Cl2F2N6O2S/c1-7-26(36)39-14-19(4)33(6)29(21-8-9-23(35)24(38)12-21)44-27(18(2)3)28(47-32(44)41-33)31(46)42-16-22(37)13-25(42)30(45)43-17-34(10-11-34)40-15-20(43)5/h7-9,12,14,18,20,22,25,29,40H,4,10-11,13,15-17H2,1-3,5-6H3/b26-7-,39-14-/t20?,22-,25+,29-,33+/m1/s1. The summed E-state index contributed by atoms with van der Waals surface area (Å²) in [5.41, 5.74) is 0.685. The van der Waals surface area contributed by atoms with Gasteiger partial charge in [-0.25, -0.2) is 18.8 Å². The lowest BCUT2D eigenvalue weighted by atomic mass is 9.81. The molecule has 0 aromatic heterocycles. The smallest absolute Gasteiger partial charge is 0.263 e. The quantitative estimate of drug-likeness (QED) is 0.256. The molecule has 1 N–H and O–H groups in total. The van der Waals surface area contributed by atoms with Crippen molar-refractivity contribution >= 4 is 58.2 Å². The lowest BCUT2D eigenvalue weighted by molar-refractivity contribution is -0.144. The van der Waals surface area contributed by atoms with E-state index in [0.717, 1.165) is 12.8 Å². The molecule has 252 valence electrons. The van der Waals surface area contributed by atoms with Crippen LogP contribution in [0, 0.1) is 11.7 Å². The van der Waals surface area contributed by atoms with Gasteiger partial charge in [0.05, 0.1) is 17.6 Å². The number of alkyl halides is 1. The van der Waals surface area contributed by atoms with Gasteiger partial charge in [-0.05, 0) is 74.6 Å². The summed E-state index contributed by atoms with van der Waals surface area (Å²) >= 11 is 13.4. The number of hydrogen-bond acceptors (Lipinski definition) is 7. The van der Waals surface area contributed by atoms with Crippen molar-refractivity contribution in [3.05, 3.63) is 68.6 Å². The highest BCUT2D eigenvalue weighted by Crippen LogP contribution is 2.55. The number of piperazine rings is 1. The van der Waals surface area contributed by atoms with E-state index in [4.69, 9.17) is 28.2 Å². The molecule has 4 heterocycles. The fourth-order valence-corrected chi connectivity index (χ4v) is 8.57. The molecular formula is C34H40Cl2F2N6O2S. The van der Waals surface area contributed by atoms with Crippen molar-refractivity contribution in [2.24, 2.45) is 15.9 Å². The molecule has 8 nitrogen and oxygen atoms in total. The number of aliphatic imine (C=N–C) groups is 2. The van der Waals surface area contributed by atoms with Crippen molar-refractivity contribution in [1.29, 1.82) is 0 Å². The molecule has 6 rings (SSSR count). The predicted molar refractivity (Wildman–Crippen MR) is 185 cm³/mol. The topological polar surface area (TPSA) is 80.6 Å². The molecule has 1 saturated carbocycles. The minimum absolute atomic E-state index is 0.0157. The van der Waals surface area contributed by atoms with Crippen molar-refractivity contribution in [2.75, 3.05) is 19.6 Å². The van der Waals surface area contributed by atoms with E-state index in [2.05, 4.69) is 16.9 Å². The zero-order valence-corrected chi connectivity index (χ0v) is 29.5. The maximum absolute atomic E-state index is 15.1. The first-order chi connectivity index (χ1) is 22.2. The van der Waals surface area contributed by atoms with Crippen LogP contribution in [0.15, 0.2) is 62.2 Å². The number of halogens is 4. The third kappa shape index (κ3) is 6.06. The summed E-state index contributed by atoms with van der Waals surface area (Å²) < 4.78 is 30.1. The molecule has 1 spiro atoms. The molecule has 47 heavy (non-hydrogen) atoms. The van der Waals surface area contributed by atoms with E-state index in [0.29, 0.717) is 40.0 Å². The number of benzene rings is 1. The summed E-state index contributed by atoms with van der Waals surface area (Å²) in [4.78, 5) is 43.4. The van der Waals surface area contributed by atoms with Crippen LogP contribution in [0.4, 0.5) is 8.78 Å². The maximum atomic E-state index is 15.1. The van der Waals surface area contributed by atoms with Gasteiger partial charge in [0.25, 0.3) is 5.91 Å². The summed E-state index contributed by atoms with van der Waals surface area (Å²) in [5.74, 6) is -1.38. The predicted octanol–water partition coefficient (Wildman–Crippen LogP) is 6.58. The van der Waals surface area contributed by atoms with Crippen LogP contribution in [0.2, 0.25) is 5.02 Å². The Labute approximate surface area is 289 Å². The van der Waals surface area contributed by atoms with Crippen molar-refractivity contribution in [3.8, 4) is 0 Å². The first-order valence-corrected chi connectivity index (χ1v) is 17.6. The van der Waals surface area contributed by atoms with Gasteiger partial charge in [0, 0.05) is 43.0 Å². The Bertz CT molecular complexity index is 1640. The second kappa shape index (κ2) is 12.6. The van der Waals surface area contributed by atoms with Crippen LogP contribution in [0.3, 0.4) is 0 Å². The van der Waals surface area contributed by atoms with Crippen LogP contribution in [-0.2, 0) is 9.59 Å². The first kappa shape index (κ1) is 34.1. The molecule has 0 radical (unpaired) electrons. The number of amides is 2. The van der Waals surface area contributed by atoms with E-state index in [1.165, 1.54) is 28.8 Å². The Kier molecular flexibility index (Phi) is 9.17. The molecular weight excluding hydrogens is 665 g/mol. The number of likely N-dealkylation sites (tertiary alicyclic amines) is 1. The van der Waals surface area contributed by atoms with E-state index < -0.39 is 35.5 Å². The molecule has 2 saturated heterocycles. The van der Waals surface area contributed by atoms with Gasteiger partial charge < -0.3 is 20.0 Å². The lowest BCUT2D eigenvalue weighted by Gasteiger charge is -2.41. The second-order valence-electron chi connectivity index (χ2n) is 13.6. The van der Waals surface area contributed by atoms with Gasteiger partial charge in [-0.15, -0.1) is 0 Å². The van der Waals surface area contributed by atoms with E-state index in [9.17, 15) is 14.0 Å². The van der Waals surface area contributed by atoms with Crippen molar-refractivity contribution in [1.82, 2.24) is 20.0 Å². The van der Waals surface area contributed by atoms with E-state index in [1.807, 2.05) is 37.5 Å². The summed E-state index contributed by atoms with van der Waals surface area (Å²) in [6.45, 7) is 14.9. The number of carbonyl (C=O) groups excluding carboxylic acids is 2. The average Bonchev–Trinajstić information content (AvgIpc) is 3.35. The number of thioether (sulfide) groups is 1. The fourth-order valence-electron chi connectivity index (χ4n) is 7.04. The number of nitrogens with one attached hydrogen (secondary N) is 1. The van der Waals surface area contributed by atoms with Crippen LogP contribution in [0.5, 0.6) is 0 Å². The maximum Gasteiger partial charge on any atom is 0.263 e. The summed E-state index contributed by atoms with van der Waals surface area (Å²) in [5, 5.41) is 4.34. The minimum Gasteiger partial charge on any atom is -0.335 e. The lowest BCUT2D eigenvalue weighted by Crippen LogP contribution is -2.61. The molecule has 1 aromatic carbocycles. The summed E-state index contributed by atoms with van der Waals surface area (Å²) in [6, 6.07) is 3.03. The molecule has 1 aromatic rings. The average molecular weight is 706 g/mol. The van der Waals surface area contributed by atoms with Crippen LogP contribution in [-0.4, -0.2) is 86.9 Å². The monoisotopic (exact) mass is 704 g/mol. The molecule has 3 fully saturated rings. The number of hydrogen-bond donors (Lipinski definition) is 1. The van der Waals surface area contributed by atoms with Gasteiger partial charge in [-0.2, -0.15) is 0 Å². The van der Waals surface area contributed by atoms with Gasteiger partial charge in [0.15, 0.2) is 5.17 Å². The van der Waals surface area contributed by atoms with E-state index in [1.54, 1.807) is 25.3 Å². The number of fused-ring (bicyclic) bond motifs is 1. The highest BCUT2D eigenvalue weighted by Gasteiger charge is 2.55. The number of allylic oxidation sites excluding steroid dienone is 2. The first-order valence-electron chi connectivity index (χ1n) is 16.0. The van der Waals surface area contributed by atoms with Gasteiger partial charge >= 0.3 is 0 Å². The van der Waals surface area contributed by atoms with E-state index >= 15 is 4.39 Å². The Morgan fingerprint density at radius 3 is 2.64 bits per heavy atom. The van der Waals surface area contributed by atoms with E-state index in [-0.39, 0.29) is 46.6 Å². The number of carbonyl (C=O) groups is 2. The van der Waals surface area contributed by atoms with Gasteiger partial charge in [0.2, 0.25) is 5.91 Å². The summed E-state index contributed by atoms with van der Waals surface area (Å²) in [6.07, 6.45) is 3.85. The normalized spacial score (nSPS) is 30.2. The molecule has 13 heteroatoms. The largest absolute Gasteiger partial charge is 0.335 e. The molecule has 1 aliphatic carbocycles. The Morgan fingerprint density at radius 1 is 1.28 bits per heavy atom. The van der Waals surface area contributed by atoms with Crippen LogP contribution < -0.4 is 5.32 Å². The summed E-state index contributed by atoms with van der Waals surface area (Å²) in [7, 11) is 0. The Morgan fingerprint density at radius 2 is 2.00 bits per heavy atom. The zero-order chi connectivity index (χ0) is 34.0. The minimum atomic E-state index is -1.31. The van der Waals surface area contributed by atoms with Crippen molar-refractivity contribution in [2.45, 2.75) is 89.3 Å². The molecule has 0 bridgehead atoms. The molecule has 4 aliphatic heterocycles. The van der Waals surface area contributed by atoms with Gasteiger partial charge in [-0.3, -0.25) is 9.59 Å². The molecule has 5 aliphatic rings. The number of nitrogens with zero attached hydrogens (tertiary/aromatic N) is 5. The Balaban J connectivity index is 1.37. The number of rotatable bonds is 7. The van der Waals surface area contributed by atoms with Crippen molar-refractivity contribution in [3.63, 3.8) is 0 Å². The van der Waals surface area contributed by atoms with Gasteiger partial charge in [0.1, 0.15) is 33.6 Å². The second-order valence-corrected chi connectivity index (χ2v) is 15.4. The van der Waals surface area contributed by atoms with Crippen molar-refractivity contribution < 1.29 is 18.4 Å². The molecule has 1 unspecified atom stereocenters. The van der Waals surface area contributed by atoms with Crippen LogP contribution >= 0.6 is 35.0 Å². The van der Waals surface area contributed by atoms with Crippen LogP contribution in [0.25, 0.3) is 0 Å². The Hall–Kier alpha value is -2.73. The highest BCUT2D eigenvalue weighted by atomic mass is 35.5. The zero-order valence-electron chi connectivity index (χ0n) is 27.2. The SMILES string of the molecule is C=C(/C=N\C(Cl)=C/C)[C@]1(C)N=C2SC(C(=O)N3C[C@H](F)C[C@H]3C(=O)N3CC4(CC4)NCC3C)=C(C(C)C)N2[C@@H]1c1ccc(Cl)c(F)c1. The van der Waals surface area contributed by atoms with Gasteiger partial charge in [-0.1, -0.05) is 55.8 Å². The van der Waals surface area contributed by atoms with Crippen LogP contribution in [0.1, 0.15) is 65.5 Å². The fraction of sp³-hybridized carbons (Fsp3) is 0.529. The highest BCUT2D eigenvalue weighted by molar-refractivity contribution is 8.18. The molecule has 5 atom stereocenters. The third-order valence-electron chi connectivity index (χ3n) is 9.95. The number of amidine groups is 1. The third-order valence-corrected chi connectivity index (χ3v) is 11.6. The molecule has 2 amide bonds.